The first-order chi connectivity index (χ1) is 13.5. The van der Waals surface area contributed by atoms with Crippen molar-refractivity contribution in [2.24, 2.45) is 0 Å². The summed E-state index contributed by atoms with van der Waals surface area (Å²) in [7, 11) is 0. The Hall–Kier alpha value is -2.91. The molecule has 6 heteroatoms. The fourth-order valence-electron chi connectivity index (χ4n) is 3.51. The third-order valence-corrected chi connectivity index (χ3v) is 5.12. The van der Waals surface area contributed by atoms with E-state index in [1.807, 2.05) is 22.8 Å². The maximum atomic E-state index is 10.5. The van der Waals surface area contributed by atoms with Crippen molar-refractivity contribution in [1.29, 1.82) is 0 Å². The van der Waals surface area contributed by atoms with Gasteiger partial charge in [0.1, 0.15) is 5.60 Å². The van der Waals surface area contributed by atoms with Gasteiger partial charge in [-0.05, 0) is 51.0 Å². The fraction of sp³-hybridized carbons (Fsp3) is 0.409. The Morgan fingerprint density at radius 1 is 1.18 bits per heavy atom. The van der Waals surface area contributed by atoms with Gasteiger partial charge in [-0.2, -0.15) is 0 Å². The molecule has 28 heavy (non-hydrogen) atoms. The van der Waals surface area contributed by atoms with Gasteiger partial charge in [0.25, 0.3) is 0 Å². The van der Waals surface area contributed by atoms with Crippen LogP contribution in [-0.4, -0.2) is 30.2 Å². The Morgan fingerprint density at radius 2 is 1.93 bits per heavy atom. The van der Waals surface area contributed by atoms with Crippen LogP contribution in [0.1, 0.15) is 57.0 Å². The molecule has 0 unspecified atom stereocenters. The Bertz CT molecular complexity index is 1020. The third-order valence-electron chi connectivity index (χ3n) is 5.12. The second kappa shape index (κ2) is 7.61. The number of benzene rings is 1. The number of hydrogen-bond acceptors (Lipinski definition) is 5. The average molecular weight is 375 g/mol. The first kappa shape index (κ1) is 18.5. The molecule has 2 heterocycles. The minimum absolute atomic E-state index is 0.224. The van der Waals surface area contributed by atoms with Crippen molar-refractivity contribution >= 4 is 17.0 Å². The molecule has 144 valence electrons. The van der Waals surface area contributed by atoms with Crippen LogP contribution in [0.3, 0.4) is 0 Å². The Kier molecular flexibility index (Phi) is 5.01. The van der Waals surface area contributed by atoms with Crippen LogP contribution < -0.4 is 5.32 Å². The monoisotopic (exact) mass is 375 g/mol. The molecule has 1 aliphatic rings. The molecule has 0 spiro atoms. The third kappa shape index (κ3) is 3.85. The van der Waals surface area contributed by atoms with Crippen LogP contribution in [0.4, 0.5) is 5.82 Å². The van der Waals surface area contributed by atoms with Crippen molar-refractivity contribution in [3.05, 3.63) is 48.0 Å². The van der Waals surface area contributed by atoms with Gasteiger partial charge in [-0.1, -0.05) is 36.3 Å². The summed E-state index contributed by atoms with van der Waals surface area (Å²) in [4.78, 5) is 13.7. The molecule has 0 amide bonds. The van der Waals surface area contributed by atoms with E-state index in [0.717, 1.165) is 29.6 Å². The van der Waals surface area contributed by atoms with E-state index in [9.17, 15) is 5.11 Å². The second-order valence-corrected chi connectivity index (χ2v) is 7.64. The summed E-state index contributed by atoms with van der Waals surface area (Å²) in [6.45, 7) is 4.82. The fourth-order valence-corrected chi connectivity index (χ4v) is 3.51. The van der Waals surface area contributed by atoms with Crippen LogP contribution >= 0.6 is 0 Å². The number of aromatic nitrogens is 4. The molecule has 2 aromatic heterocycles. The number of aliphatic hydroxyl groups is 1. The minimum atomic E-state index is -0.908. The summed E-state index contributed by atoms with van der Waals surface area (Å²) in [5.41, 5.74) is 1.73. The molecule has 1 aromatic carbocycles. The van der Waals surface area contributed by atoms with Crippen LogP contribution in [-0.2, 0) is 6.54 Å². The molecule has 1 aliphatic carbocycles. The van der Waals surface area contributed by atoms with Crippen LogP contribution in [0.25, 0.3) is 11.2 Å². The van der Waals surface area contributed by atoms with Gasteiger partial charge in [0.2, 0.25) is 5.82 Å². The van der Waals surface area contributed by atoms with E-state index in [0.29, 0.717) is 31.0 Å². The maximum Gasteiger partial charge on any atom is 0.209 e. The standard InChI is InChI=1S/C22H25N5O/c1-16(2)27-15-24-19-20(23-14-17-8-4-3-5-9-17)25-18(26-21(19)27)10-13-22(28)11-6-7-12-22/h3-5,8-9,15-16,28H,6-7,11-12,14H2,1-2H3,(H,23,25,26). The number of nitrogens with one attached hydrogen (secondary N) is 1. The van der Waals surface area contributed by atoms with Crippen LogP contribution in [0.15, 0.2) is 36.7 Å². The zero-order valence-electron chi connectivity index (χ0n) is 16.3. The lowest BCUT2D eigenvalue weighted by molar-refractivity contribution is 0.110. The highest BCUT2D eigenvalue weighted by molar-refractivity contribution is 5.83. The lowest BCUT2D eigenvalue weighted by Crippen LogP contribution is -2.21. The number of rotatable bonds is 4. The zero-order chi connectivity index (χ0) is 19.6. The van der Waals surface area contributed by atoms with Crippen molar-refractivity contribution in [2.75, 3.05) is 5.32 Å². The molecule has 0 radical (unpaired) electrons. The van der Waals surface area contributed by atoms with Gasteiger partial charge in [0.05, 0.1) is 6.33 Å². The van der Waals surface area contributed by atoms with Gasteiger partial charge < -0.3 is 15.0 Å². The topological polar surface area (TPSA) is 75.9 Å². The number of anilines is 1. The minimum Gasteiger partial charge on any atom is -0.378 e. The number of fused-ring (bicyclic) bond motifs is 1. The van der Waals surface area contributed by atoms with Crippen molar-refractivity contribution in [2.45, 2.75) is 57.7 Å². The Labute approximate surface area is 165 Å². The largest absolute Gasteiger partial charge is 0.378 e. The first-order valence-corrected chi connectivity index (χ1v) is 9.82. The summed E-state index contributed by atoms with van der Waals surface area (Å²) in [6.07, 6.45) is 5.24. The van der Waals surface area contributed by atoms with Gasteiger partial charge in [-0.25, -0.2) is 15.0 Å². The molecule has 0 aliphatic heterocycles. The molecular weight excluding hydrogens is 350 g/mol. The Balaban J connectivity index is 1.71. The highest BCUT2D eigenvalue weighted by atomic mass is 16.3. The lowest BCUT2D eigenvalue weighted by atomic mass is 10.0. The van der Waals surface area contributed by atoms with Crippen molar-refractivity contribution in [1.82, 2.24) is 19.5 Å². The van der Waals surface area contributed by atoms with Crippen LogP contribution in [0.2, 0.25) is 0 Å². The predicted molar refractivity (Wildman–Crippen MR) is 110 cm³/mol. The van der Waals surface area contributed by atoms with E-state index in [1.54, 1.807) is 6.33 Å². The molecule has 2 N–H and O–H groups in total. The molecule has 0 bridgehead atoms. The zero-order valence-corrected chi connectivity index (χ0v) is 16.3. The number of imidazole rings is 1. The molecule has 0 saturated heterocycles. The highest BCUT2D eigenvalue weighted by Crippen LogP contribution is 2.28. The van der Waals surface area contributed by atoms with Gasteiger partial charge >= 0.3 is 0 Å². The van der Waals surface area contributed by atoms with Gasteiger partial charge in [0, 0.05) is 12.6 Å². The van der Waals surface area contributed by atoms with Crippen LogP contribution in [0.5, 0.6) is 0 Å². The van der Waals surface area contributed by atoms with Crippen molar-refractivity contribution < 1.29 is 5.11 Å². The molecule has 4 rings (SSSR count). The summed E-state index contributed by atoms with van der Waals surface area (Å²) in [5.74, 6) is 7.09. The highest BCUT2D eigenvalue weighted by Gasteiger charge is 2.28. The molecule has 1 saturated carbocycles. The van der Waals surface area contributed by atoms with Gasteiger partial charge in [-0.3, -0.25) is 0 Å². The van der Waals surface area contributed by atoms with E-state index in [-0.39, 0.29) is 6.04 Å². The van der Waals surface area contributed by atoms with E-state index in [1.165, 1.54) is 0 Å². The van der Waals surface area contributed by atoms with E-state index < -0.39 is 5.60 Å². The quantitative estimate of drug-likeness (QED) is 0.681. The van der Waals surface area contributed by atoms with Crippen molar-refractivity contribution in [3.8, 4) is 11.8 Å². The smallest absolute Gasteiger partial charge is 0.209 e. The number of hydrogen-bond donors (Lipinski definition) is 2. The van der Waals surface area contributed by atoms with E-state index in [4.69, 9.17) is 0 Å². The molecule has 3 aromatic rings. The van der Waals surface area contributed by atoms with Crippen LogP contribution in [0, 0.1) is 11.8 Å². The summed E-state index contributed by atoms with van der Waals surface area (Å²) >= 11 is 0. The van der Waals surface area contributed by atoms with E-state index >= 15 is 0 Å². The summed E-state index contributed by atoms with van der Waals surface area (Å²) < 4.78 is 2.01. The Morgan fingerprint density at radius 3 is 2.64 bits per heavy atom. The van der Waals surface area contributed by atoms with Gasteiger partial charge in [-0.15, -0.1) is 0 Å². The normalized spacial score (nSPS) is 15.6. The molecule has 1 fully saturated rings. The van der Waals surface area contributed by atoms with Gasteiger partial charge in [0.15, 0.2) is 17.0 Å². The first-order valence-electron chi connectivity index (χ1n) is 9.82. The SMILES string of the molecule is CC(C)n1cnc2c(NCc3ccccc3)nc(C#CC3(O)CCCC3)nc21. The summed E-state index contributed by atoms with van der Waals surface area (Å²) in [5, 5.41) is 13.9. The average Bonchev–Trinajstić information content (AvgIpc) is 3.32. The summed E-state index contributed by atoms with van der Waals surface area (Å²) in [6, 6.07) is 10.4. The lowest BCUT2D eigenvalue weighted by Gasteiger charge is -2.13. The predicted octanol–water partition coefficient (Wildman–Crippen LogP) is 3.68. The number of nitrogens with zero attached hydrogens (tertiary/aromatic N) is 4. The van der Waals surface area contributed by atoms with E-state index in [2.05, 4.69) is 58.1 Å². The second-order valence-electron chi connectivity index (χ2n) is 7.64. The molecular formula is C22H25N5O. The maximum absolute atomic E-state index is 10.5. The van der Waals surface area contributed by atoms with Crippen molar-refractivity contribution in [3.63, 3.8) is 0 Å². The molecule has 0 atom stereocenters. The molecule has 6 nitrogen and oxygen atoms in total.